The molecule has 1 spiro atoms. The van der Waals surface area contributed by atoms with Gasteiger partial charge in [-0.3, -0.25) is 0 Å². The highest BCUT2D eigenvalue weighted by Crippen LogP contribution is 2.41. The van der Waals surface area contributed by atoms with Crippen molar-refractivity contribution in [1.29, 1.82) is 0 Å². The van der Waals surface area contributed by atoms with Crippen LogP contribution in [-0.2, 0) is 4.74 Å². The van der Waals surface area contributed by atoms with Gasteiger partial charge >= 0.3 is 6.03 Å². The third-order valence-electron chi connectivity index (χ3n) is 6.46. The molecule has 2 aliphatic heterocycles. The highest BCUT2D eigenvalue weighted by atomic mass is 19.1. The number of amides is 2. The number of ether oxygens (including phenoxy) is 1. The zero-order valence-corrected chi connectivity index (χ0v) is 19.5. The van der Waals surface area contributed by atoms with E-state index >= 15 is 0 Å². The normalized spacial score (nSPS) is 18.3. The first-order chi connectivity index (χ1) is 15.3. The fraction of sp³-hybridized carbons (Fsp3) is 0.520. The molecule has 0 unspecified atom stereocenters. The summed E-state index contributed by atoms with van der Waals surface area (Å²) in [5, 5.41) is 0. The van der Waals surface area contributed by atoms with E-state index in [1.807, 2.05) is 29.7 Å². The molecule has 1 aromatic heterocycles. The maximum absolute atomic E-state index is 14.1. The molecular weight excluding hydrogens is 407 g/mol. The molecule has 0 saturated carbocycles. The van der Waals surface area contributed by atoms with Crippen molar-refractivity contribution >= 4 is 11.8 Å². The quantitative estimate of drug-likeness (QED) is 0.318. The van der Waals surface area contributed by atoms with Crippen molar-refractivity contribution < 1.29 is 13.9 Å². The molecule has 7 heteroatoms. The van der Waals surface area contributed by atoms with Gasteiger partial charge in [0.25, 0.3) is 0 Å². The fourth-order valence-electron chi connectivity index (χ4n) is 4.36. The van der Waals surface area contributed by atoms with Crippen molar-refractivity contribution in [2.24, 2.45) is 5.41 Å². The van der Waals surface area contributed by atoms with Gasteiger partial charge in [-0.15, -0.1) is 6.58 Å². The van der Waals surface area contributed by atoms with Crippen LogP contribution in [0, 0.1) is 11.2 Å². The number of urea groups is 1. The number of allylic oxidation sites excluding steroid dienone is 2. The maximum atomic E-state index is 14.1. The molecule has 6 nitrogen and oxygen atoms in total. The number of rotatable bonds is 9. The lowest BCUT2D eigenvalue weighted by Gasteiger charge is -2.49. The van der Waals surface area contributed by atoms with Gasteiger partial charge in [0, 0.05) is 43.8 Å². The molecule has 32 heavy (non-hydrogen) atoms. The second kappa shape index (κ2) is 10.2. The zero-order valence-electron chi connectivity index (χ0n) is 19.5. The summed E-state index contributed by atoms with van der Waals surface area (Å²) < 4.78 is 19.8. The Hall–Kier alpha value is -2.83. The van der Waals surface area contributed by atoms with E-state index in [-0.39, 0.29) is 23.3 Å². The molecule has 0 aliphatic carbocycles. The molecule has 2 fully saturated rings. The van der Waals surface area contributed by atoms with E-state index in [1.165, 1.54) is 11.6 Å². The Labute approximate surface area is 191 Å². The second-order valence-electron chi connectivity index (χ2n) is 8.95. The molecule has 174 valence electrons. The van der Waals surface area contributed by atoms with Crippen molar-refractivity contribution in [2.75, 3.05) is 44.2 Å². The van der Waals surface area contributed by atoms with Gasteiger partial charge in [-0.25, -0.2) is 14.2 Å². The van der Waals surface area contributed by atoms with E-state index in [0.717, 1.165) is 19.4 Å². The molecule has 0 radical (unpaired) electrons. The number of carbonyl (C=O) groups is 1. The van der Waals surface area contributed by atoms with Crippen LogP contribution in [0.15, 0.2) is 55.0 Å². The van der Waals surface area contributed by atoms with Gasteiger partial charge in [-0.05, 0) is 44.9 Å². The van der Waals surface area contributed by atoms with Crippen molar-refractivity contribution in [2.45, 2.75) is 39.7 Å². The first kappa shape index (κ1) is 23.8. The van der Waals surface area contributed by atoms with Gasteiger partial charge in [0.1, 0.15) is 12.4 Å². The van der Waals surface area contributed by atoms with E-state index in [9.17, 15) is 9.18 Å². The zero-order chi connectivity index (χ0) is 23.3. The molecule has 1 aromatic rings. The minimum Gasteiger partial charge on any atom is -0.492 e. The molecule has 3 rings (SSSR count). The standard InChI is InChI=1S/C25H35FN4O2/c1-6-19(3)15-21(5)32-14-13-30(20(4)7-2)24(31)29-17-25(18-29)10-12-28(16-25)23-22(26)9-8-11-27-23/h7-9,11,15,20H,2,5-6,10,12-14,16-18H2,1,3-4H3/b19-15+/t20-/m0/s1. The Balaban J connectivity index is 1.54. The molecular formula is C25H35FN4O2. The summed E-state index contributed by atoms with van der Waals surface area (Å²) in [6.07, 6.45) is 7.19. The number of hydrogen-bond donors (Lipinski definition) is 0. The number of hydrogen-bond acceptors (Lipinski definition) is 4. The fourth-order valence-corrected chi connectivity index (χ4v) is 4.36. The molecule has 0 aromatic carbocycles. The smallest absolute Gasteiger partial charge is 0.320 e. The van der Waals surface area contributed by atoms with Crippen LogP contribution in [0.3, 0.4) is 0 Å². The Morgan fingerprint density at radius 1 is 1.44 bits per heavy atom. The van der Waals surface area contributed by atoms with Crippen LogP contribution in [0.4, 0.5) is 15.0 Å². The lowest BCUT2D eigenvalue weighted by Crippen LogP contribution is -2.63. The summed E-state index contributed by atoms with van der Waals surface area (Å²) in [5.41, 5.74) is 1.21. The van der Waals surface area contributed by atoms with Gasteiger partial charge < -0.3 is 19.4 Å². The average molecular weight is 443 g/mol. The first-order valence-electron chi connectivity index (χ1n) is 11.3. The first-order valence-corrected chi connectivity index (χ1v) is 11.3. The SMILES string of the molecule is C=C[C@H](C)N(CCOC(=C)/C=C(\C)CC)C(=O)N1CC2(CCN(c3ncccc3F)C2)C1. The van der Waals surface area contributed by atoms with Crippen LogP contribution in [0.2, 0.25) is 0 Å². The summed E-state index contributed by atoms with van der Waals surface area (Å²) in [5.74, 6) is 0.716. The Bertz CT molecular complexity index is 878. The Morgan fingerprint density at radius 3 is 2.84 bits per heavy atom. The Morgan fingerprint density at radius 2 is 2.19 bits per heavy atom. The summed E-state index contributed by atoms with van der Waals surface area (Å²) in [4.78, 5) is 23.0. The molecule has 0 bridgehead atoms. The van der Waals surface area contributed by atoms with E-state index in [4.69, 9.17) is 4.74 Å². The predicted octanol–water partition coefficient (Wildman–Crippen LogP) is 4.62. The summed E-state index contributed by atoms with van der Waals surface area (Å²) in [6.45, 7) is 17.5. The largest absolute Gasteiger partial charge is 0.492 e. The van der Waals surface area contributed by atoms with Crippen LogP contribution in [0.25, 0.3) is 0 Å². The minimum absolute atomic E-state index is 0.00989. The van der Waals surface area contributed by atoms with E-state index < -0.39 is 0 Å². The summed E-state index contributed by atoms with van der Waals surface area (Å²) >= 11 is 0. The van der Waals surface area contributed by atoms with Crippen molar-refractivity contribution in [1.82, 2.24) is 14.8 Å². The predicted molar refractivity (Wildman–Crippen MR) is 126 cm³/mol. The van der Waals surface area contributed by atoms with Gasteiger partial charge in [-0.1, -0.05) is 25.2 Å². The van der Waals surface area contributed by atoms with E-state index in [1.54, 1.807) is 23.2 Å². The molecule has 2 saturated heterocycles. The highest BCUT2D eigenvalue weighted by Gasteiger charge is 2.50. The molecule has 2 amide bonds. The van der Waals surface area contributed by atoms with Crippen LogP contribution in [-0.4, -0.2) is 66.2 Å². The van der Waals surface area contributed by atoms with Crippen LogP contribution >= 0.6 is 0 Å². The minimum atomic E-state index is -0.298. The van der Waals surface area contributed by atoms with E-state index in [2.05, 4.69) is 25.1 Å². The monoisotopic (exact) mass is 442 g/mol. The third-order valence-corrected chi connectivity index (χ3v) is 6.46. The number of likely N-dealkylation sites (tertiary alicyclic amines) is 1. The van der Waals surface area contributed by atoms with Gasteiger partial charge in [0.2, 0.25) is 0 Å². The van der Waals surface area contributed by atoms with Gasteiger partial charge in [0.15, 0.2) is 11.6 Å². The van der Waals surface area contributed by atoms with Gasteiger partial charge in [0.05, 0.1) is 6.54 Å². The van der Waals surface area contributed by atoms with Crippen LogP contribution in [0.5, 0.6) is 0 Å². The van der Waals surface area contributed by atoms with Crippen molar-refractivity contribution in [3.63, 3.8) is 0 Å². The van der Waals surface area contributed by atoms with Crippen molar-refractivity contribution in [3.8, 4) is 0 Å². The summed E-state index contributed by atoms with van der Waals surface area (Å²) in [7, 11) is 0. The van der Waals surface area contributed by atoms with Crippen molar-refractivity contribution in [3.05, 3.63) is 60.8 Å². The van der Waals surface area contributed by atoms with Gasteiger partial charge in [-0.2, -0.15) is 0 Å². The molecule has 1 atom stereocenters. The molecule has 2 aliphatic rings. The number of nitrogens with zero attached hydrogens (tertiary/aromatic N) is 4. The van der Waals surface area contributed by atoms with Crippen LogP contribution in [0.1, 0.15) is 33.6 Å². The topological polar surface area (TPSA) is 48.9 Å². The number of anilines is 1. The molecule has 0 N–H and O–H groups in total. The van der Waals surface area contributed by atoms with E-state index in [0.29, 0.717) is 44.4 Å². The maximum Gasteiger partial charge on any atom is 0.320 e. The molecule has 3 heterocycles. The number of aromatic nitrogens is 1. The average Bonchev–Trinajstić information content (AvgIpc) is 3.20. The third kappa shape index (κ3) is 5.31. The number of pyridine rings is 1. The highest BCUT2D eigenvalue weighted by molar-refractivity contribution is 5.76. The summed E-state index contributed by atoms with van der Waals surface area (Å²) in [6, 6.07) is 2.92. The lowest BCUT2D eigenvalue weighted by atomic mass is 9.79. The number of carbonyl (C=O) groups excluding carboxylic acids is 1. The number of halogens is 1. The lowest BCUT2D eigenvalue weighted by molar-refractivity contribution is 0.0260. The van der Waals surface area contributed by atoms with Crippen LogP contribution < -0.4 is 4.90 Å². The Kier molecular flexibility index (Phi) is 7.59. The second-order valence-corrected chi connectivity index (χ2v) is 8.95.